The largest absolute Gasteiger partial charge is 0.395 e. The van der Waals surface area contributed by atoms with Gasteiger partial charge in [-0.05, 0) is 43.9 Å². The Bertz CT molecular complexity index is 407. The Balaban J connectivity index is 2.33. The number of nitrogens with zero attached hydrogens (tertiary/aromatic N) is 1. The molecular weight excluding hydrogens is 236 g/mol. The predicted molar refractivity (Wildman–Crippen MR) is 79.0 cm³/mol. The van der Waals surface area contributed by atoms with Crippen molar-refractivity contribution in [2.45, 2.75) is 51.2 Å². The van der Waals surface area contributed by atoms with Crippen LogP contribution in [0.3, 0.4) is 0 Å². The van der Waals surface area contributed by atoms with E-state index in [1.54, 1.807) is 0 Å². The van der Waals surface area contributed by atoms with Crippen molar-refractivity contribution in [2.24, 2.45) is 5.73 Å². The van der Waals surface area contributed by atoms with Crippen LogP contribution in [-0.4, -0.2) is 35.2 Å². The Morgan fingerprint density at radius 1 is 1.42 bits per heavy atom. The third-order valence-corrected chi connectivity index (χ3v) is 4.37. The van der Waals surface area contributed by atoms with Gasteiger partial charge in [0.1, 0.15) is 0 Å². The van der Waals surface area contributed by atoms with Crippen LogP contribution in [0.2, 0.25) is 0 Å². The smallest absolute Gasteiger partial charge is 0.0587 e. The van der Waals surface area contributed by atoms with Gasteiger partial charge in [-0.25, -0.2) is 0 Å². The molecule has 19 heavy (non-hydrogen) atoms. The lowest BCUT2D eigenvalue weighted by Crippen LogP contribution is -2.44. The molecule has 3 heteroatoms. The molecule has 3 nitrogen and oxygen atoms in total. The summed E-state index contributed by atoms with van der Waals surface area (Å²) in [5, 5.41) is 9.57. The van der Waals surface area contributed by atoms with Gasteiger partial charge in [0, 0.05) is 12.1 Å². The van der Waals surface area contributed by atoms with E-state index in [2.05, 4.69) is 43.0 Å². The average Bonchev–Trinajstić information content (AvgIpc) is 2.89. The Labute approximate surface area is 116 Å². The molecule has 1 aromatic rings. The number of likely N-dealkylation sites (tertiary alicyclic amines) is 1. The Morgan fingerprint density at radius 2 is 2.16 bits per heavy atom. The van der Waals surface area contributed by atoms with Crippen molar-refractivity contribution in [2.75, 3.05) is 13.2 Å². The minimum absolute atomic E-state index is 0.119. The van der Waals surface area contributed by atoms with E-state index in [1.165, 1.54) is 11.1 Å². The molecule has 0 saturated carbocycles. The van der Waals surface area contributed by atoms with Crippen LogP contribution < -0.4 is 5.73 Å². The summed E-state index contributed by atoms with van der Waals surface area (Å²) in [6, 6.07) is 9.10. The highest BCUT2D eigenvalue weighted by Crippen LogP contribution is 2.33. The fraction of sp³-hybridized carbons (Fsp3) is 0.625. The molecule has 3 N–H and O–H groups in total. The van der Waals surface area contributed by atoms with E-state index in [1.807, 2.05) is 0 Å². The fourth-order valence-corrected chi connectivity index (χ4v) is 3.22. The summed E-state index contributed by atoms with van der Waals surface area (Å²) in [5.74, 6) is 0. The van der Waals surface area contributed by atoms with Gasteiger partial charge in [0.25, 0.3) is 0 Å². The molecule has 3 atom stereocenters. The van der Waals surface area contributed by atoms with Crippen LogP contribution in [0.1, 0.15) is 43.4 Å². The minimum Gasteiger partial charge on any atom is -0.395 e. The van der Waals surface area contributed by atoms with E-state index in [-0.39, 0.29) is 24.7 Å². The van der Waals surface area contributed by atoms with Crippen LogP contribution in [-0.2, 0) is 0 Å². The monoisotopic (exact) mass is 262 g/mol. The first-order valence-electron chi connectivity index (χ1n) is 7.36. The zero-order valence-electron chi connectivity index (χ0n) is 12.0. The number of hydrogen-bond acceptors (Lipinski definition) is 3. The molecule has 1 aliphatic heterocycles. The van der Waals surface area contributed by atoms with E-state index in [4.69, 9.17) is 5.73 Å². The first-order valence-corrected chi connectivity index (χ1v) is 7.36. The van der Waals surface area contributed by atoms with Crippen molar-refractivity contribution in [3.8, 4) is 0 Å². The van der Waals surface area contributed by atoms with Crippen molar-refractivity contribution in [3.63, 3.8) is 0 Å². The topological polar surface area (TPSA) is 49.5 Å². The number of nitrogens with two attached hydrogens (primary N) is 1. The fourth-order valence-electron chi connectivity index (χ4n) is 3.22. The maximum atomic E-state index is 9.57. The molecule has 0 aliphatic carbocycles. The standard InChI is InChI=1S/C16H26N2O/c1-3-15(17)16(14-9-5-4-7-12(14)2)18-10-6-8-13(18)11-19/h4-5,7,9,13,15-16,19H,3,6,8,10-11,17H2,1-2H3. The quantitative estimate of drug-likeness (QED) is 0.855. The molecule has 0 spiro atoms. The summed E-state index contributed by atoms with van der Waals surface area (Å²) in [7, 11) is 0. The summed E-state index contributed by atoms with van der Waals surface area (Å²) in [6.45, 7) is 5.56. The van der Waals surface area contributed by atoms with Gasteiger partial charge in [-0.2, -0.15) is 0 Å². The van der Waals surface area contributed by atoms with E-state index in [9.17, 15) is 5.11 Å². The molecule has 0 aromatic heterocycles. The lowest BCUT2D eigenvalue weighted by molar-refractivity contribution is 0.104. The van der Waals surface area contributed by atoms with Gasteiger partial charge < -0.3 is 10.8 Å². The zero-order valence-corrected chi connectivity index (χ0v) is 12.0. The minimum atomic E-state index is 0.119. The molecule has 0 radical (unpaired) electrons. The normalized spacial score (nSPS) is 23.5. The van der Waals surface area contributed by atoms with Gasteiger partial charge in [-0.3, -0.25) is 4.90 Å². The third kappa shape index (κ3) is 2.99. The van der Waals surface area contributed by atoms with Gasteiger partial charge in [-0.1, -0.05) is 31.2 Å². The first kappa shape index (κ1) is 14.5. The summed E-state index contributed by atoms with van der Waals surface area (Å²) in [5.41, 5.74) is 9.00. The number of aliphatic hydroxyl groups excluding tert-OH is 1. The maximum Gasteiger partial charge on any atom is 0.0587 e. The molecule has 1 heterocycles. The third-order valence-electron chi connectivity index (χ3n) is 4.37. The number of aryl methyl sites for hydroxylation is 1. The highest BCUT2D eigenvalue weighted by Gasteiger charge is 2.34. The van der Waals surface area contributed by atoms with Crippen LogP contribution >= 0.6 is 0 Å². The predicted octanol–water partition coefficient (Wildman–Crippen LogP) is 2.23. The van der Waals surface area contributed by atoms with Crippen LogP contribution in [0.4, 0.5) is 0 Å². The Morgan fingerprint density at radius 3 is 2.79 bits per heavy atom. The second-order valence-corrected chi connectivity index (χ2v) is 5.59. The van der Waals surface area contributed by atoms with Gasteiger partial charge in [-0.15, -0.1) is 0 Å². The lowest BCUT2D eigenvalue weighted by Gasteiger charge is -2.37. The molecule has 1 aliphatic rings. The van der Waals surface area contributed by atoms with Crippen molar-refractivity contribution < 1.29 is 5.11 Å². The van der Waals surface area contributed by atoms with Crippen molar-refractivity contribution in [3.05, 3.63) is 35.4 Å². The highest BCUT2D eigenvalue weighted by molar-refractivity contribution is 5.30. The second kappa shape index (κ2) is 6.51. The van der Waals surface area contributed by atoms with Crippen molar-refractivity contribution in [1.82, 2.24) is 4.90 Å². The van der Waals surface area contributed by atoms with Crippen LogP contribution in [0.15, 0.2) is 24.3 Å². The molecule has 106 valence electrons. The summed E-state index contributed by atoms with van der Waals surface area (Å²) < 4.78 is 0. The molecule has 0 bridgehead atoms. The first-order chi connectivity index (χ1) is 9.19. The maximum absolute atomic E-state index is 9.57. The number of aliphatic hydroxyl groups is 1. The zero-order chi connectivity index (χ0) is 13.8. The molecule has 1 fully saturated rings. The molecule has 0 amide bonds. The Hall–Kier alpha value is -0.900. The summed E-state index contributed by atoms with van der Waals surface area (Å²) >= 11 is 0. The van der Waals surface area contributed by atoms with Gasteiger partial charge in [0.15, 0.2) is 0 Å². The highest BCUT2D eigenvalue weighted by atomic mass is 16.3. The molecular formula is C16H26N2O. The number of rotatable bonds is 5. The van der Waals surface area contributed by atoms with Gasteiger partial charge in [0.2, 0.25) is 0 Å². The number of hydrogen-bond donors (Lipinski definition) is 2. The van der Waals surface area contributed by atoms with E-state index in [0.29, 0.717) is 0 Å². The Kier molecular flexibility index (Phi) is 4.97. The van der Waals surface area contributed by atoms with Crippen LogP contribution in [0.5, 0.6) is 0 Å². The SMILES string of the molecule is CCC(N)C(c1ccccc1C)N1CCCC1CO. The summed E-state index contributed by atoms with van der Waals surface area (Å²) in [6.07, 6.45) is 3.19. The van der Waals surface area contributed by atoms with E-state index >= 15 is 0 Å². The van der Waals surface area contributed by atoms with Crippen molar-refractivity contribution >= 4 is 0 Å². The molecule has 2 rings (SSSR count). The van der Waals surface area contributed by atoms with Crippen molar-refractivity contribution in [1.29, 1.82) is 0 Å². The van der Waals surface area contributed by atoms with Crippen LogP contribution in [0, 0.1) is 6.92 Å². The van der Waals surface area contributed by atoms with E-state index in [0.717, 1.165) is 25.8 Å². The second-order valence-electron chi connectivity index (χ2n) is 5.59. The summed E-state index contributed by atoms with van der Waals surface area (Å²) in [4.78, 5) is 2.41. The van der Waals surface area contributed by atoms with E-state index < -0.39 is 0 Å². The molecule has 3 unspecified atom stereocenters. The lowest BCUT2D eigenvalue weighted by atomic mass is 9.92. The van der Waals surface area contributed by atoms with Crippen LogP contribution in [0.25, 0.3) is 0 Å². The molecule has 1 saturated heterocycles. The number of benzene rings is 1. The average molecular weight is 262 g/mol. The van der Waals surface area contributed by atoms with Gasteiger partial charge >= 0.3 is 0 Å². The molecule has 1 aromatic carbocycles. The van der Waals surface area contributed by atoms with Gasteiger partial charge in [0.05, 0.1) is 12.6 Å².